The van der Waals surface area contributed by atoms with Gasteiger partial charge in [-0.2, -0.15) is 0 Å². The Balaban J connectivity index is 2.36. The van der Waals surface area contributed by atoms with Gasteiger partial charge >= 0.3 is 5.97 Å². The lowest BCUT2D eigenvalue weighted by Gasteiger charge is -2.09. The maximum absolute atomic E-state index is 11.1. The first-order valence-corrected chi connectivity index (χ1v) is 5.62. The van der Waals surface area contributed by atoms with Crippen molar-refractivity contribution in [3.05, 3.63) is 47.7 Å². The van der Waals surface area contributed by atoms with Crippen LogP contribution in [0, 0.1) is 6.92 Å². The minimum atomic E-state index is -1.07. The Kier molecular flexibility index (Phi) is 3.66. The number of pyridine rings is 1. The SMILES string of the molecule is COc1ccc(C(=O)O)c(Oc2ccc(C)cn2)c1. The molecular formula is C14H13NO4. The van der Waals surface area contributed by atoms with Crippen LogP contribution in [0.5, 0.6) is 17.4 Å². The van der Waals surface area contributed by atoms with Gasteiger partial charge in [-0.1, -0.05) is 6.07 Å². The average Bonchev–Trinajstić information content (AvgIpc) is 2.41. The molecule has 2 aromatic rings. The lowest BCUT2D eigenvalue weighted by molar-refractivity contribution is 0.0694. The zero-order valence-electron chi connectivity index (χ0n) is 10.6. The molecule has 19 heavy (non-hydrogen) atoms. The van der Waals surface area contributed by atoms with Gasteiger partial charge in [-0.25, -0.2) is 9.78 Å². The summed E-state index contributed by atoms with van der Waals surface area (Å²) in [6.07, 6.45) is 1.65. The van der Waals surface area contributed by atoms with Crippen LogP contribution in [-0.4, -0.2) is 23.2 Å². The van der Waals surface area contributed by atoms with Crippen LogP contribution in [-0.2, 0) is 0 Å². The number of carboxylic acids is 1. The molecule has 0 aliphatic heterocycles. The van der Waals surface area contributed by atoms with Gasteiger partial charge in [0.15, 0.2) is 0 Å². The number of carbonyl (C=O) groups is 1. The summed E-state index contributed by atoms with van der Waals surface area (Å²) >= 11 is 0. The first-order valence-electron chi connectivity index (χ1n) is 5.62. The number of nitrogens with zero attached hydrogens (tertiary/aromatic N) is 1. The Morgan fingerprint density at radius 3 is 2.63 bits per heavy atom. The molecule has 98 valence electrons. The first-order chi connectivity index (χ1) is 9.10. The minimum absolute atomic E-state index is 0.0585. The molecule has 0 aliphatic rings. The van der Waals surface area contributed by atoms with Crippen molar-refractivity contribution in [2.45, 2.75) is 6.92 Å². The average molecular weight is 259 g/mol. The predicted octanol–water partition coefficient (Wildman–Crippen LogP) is 2.89. The normalized spacial score (nSPS) is 10.0. The molecule has 0 fully saturated rings. The van der Waals surface area contributed by atoms with Crippen molar-refractivity contribution in [3.8, 4) is 17.4 Å². The van der Waals surface area contributed by atoms with E-state index in [0.717, 1.165) is 5.56 Å². The molecule has 0 saturated heterocycles. The molecule has 5 nitrogen and oxygen atoms in total. The Morgan fingerprint density at radius 2 is 2.05 bits per heavy atom. The van der Waals surface area contributed by atoms with Crippen LogP contribution in [0.2, 0.25) is 0 Å². The number of aromatic nitrogens is 1. The third-order valence-corrected chi connectivity index (χ3v) is 2.52. The summed E-state index contributed by atoms with van der Waals surface area (Å²) in [5.41, 5.74) is 1.06. The van der Waals surface area contributed by atoms with Gasteiger partial charge in [-0.3, -0.25) is 0 Å². The lowest BCUT2D eigenvalue weighted by atomic mass is 10.2. The summed E-state index contributed by atoms with van der Waals surface area (Å²) in [6.45, 7) is 1.91. The summed E-state index contributed by atoms with van der Waals surface area (Å²) in [4.78, 5) is 15.2. The molecule has 0 unspecified atom stereocenters. The van der Waals surface area contributed by atoms with E-state index in [1.54, 1.807) is 18.3 Å². The van der Waals surface area contributed by atoms with Crippen molar-refractivity contribution in [1.29, 1.82) is 0 Å². The zero-order valence-corrected chi connectivity index (χ0v) is 10.6. The van der Waals surface area contributed by atoms with Crippen molar-refractivity contribution < 1.29 is 19.4 Å². The monoisotopic (exact) mass is 259 g/mol. The van der Waals surface area contributed by atoms with Crippen LogP contribution in [0.15, 0.2) is 36.5 Å². The van der Waals surface area contributed by atoms with Crippen molar-refractivity contribution in [1.82, 2.24) is 4.98 Å². The molecule has 0 saturated carbocycles. The second-order valence-electron chi connectivity index (χ2n) is 3.94. The predicted molar refractivity (Wildman–Crippen MR) is 69.0 cm³/mol. The third kappa shape index (κ3) is 3.01. The van der Waals surface area contributed by atoms with Gasteiger partial charge in [-0.05, 0) is 24.6 Å². The number of hydrogen-bond acceptors (Lipinski definition) is 4. The number of ether oxygens (including phenoxy) is 2. The molecule has 0 atom stereocenters. The number of aromatic carboxylic acids is 1. The standard InChI is InChI=1S/C14H13NO4/c1-9-3-6-13(15-8-9)19-12-7-10(18-2)4-5-11(12)14(16)17/h3-8H,1-2H3,(H,16,17). The van der Waals surface area contributed by atoms with Gasteiger partial charge < -0.3 is 14.6 Å². The first kappa shape index (κ1) is 12.9. The second kappa shape index (κ2) is 5.39. The van der Waals surface area contributed by atoms with E-state index in [1.807, 2.05) is 13.0 Å². The van der Waals surface area contributed by atoms with Crippen LogP contribution in [0.1, 0.15) is 15.9 Å². The molecule has 0 amide bonds. The van der Waals surface area contributed by atoms with Gasteiger partial charge in [0, 0.05) is 18.3 Å². The van der Waals surface area contributed by atoms with E-state index in [0.29, 0.717) is 11.6 Å². The number of aryl methyl sites for hydroxylation is 1. The summed E-state index contributed by atoms with van der Waals surface area (Å²) in [5.74, 6) is -0.0126. The highest BCUT2D eigenvalue weighted by Gasteiger charge is 2.13. The molecule has 0 spiro atoms. The van der Waals surface area contributed by atoms with Crippen LogP contribution >= 0.6 is 0 Å². The van der Waals surface area contributed by atoms with Crippen molar-refractivity contribution in [2.24, 2.45) is 0 Å². The van der Waals surface area contributed by atoms with E-state index in [-0.39, 0.29) is 11.3 Å². The Hall–Kier alpha value is -2.56. The fourth-order valence-corrected chi connectivity index (χ4v) is 1.52. The summed E-state index contributed by atoms with van der Waals surface area (Å²) in [6, 6.07) is 8.04. The number of hydrogen-bond donors (Lipinski definition) is 1. The van der Waals surface area contributed by atoms with E-state index in [9.17, 15) is 4.79 Å². The summed E-state index contributed by atoms with van der Waals surface area (Å²) in [7, 11) is 1.50. The van der Waals surface area contributed by atoms with Gasteiger partial charge in [-0.15, -0.1) is 0 Å². The van der Waals surface area contributed by atoms with E-state index in [4.69, 9.17) is 14.6 Å². The van der Waals surface area contributed by atoms with Gasteiger partial charge in [0.05, 0.1) is 7.11 Å². The van der Waals surface area contributed by atoms with E-state index in [1.165, 1.54) is 19.2 Å². The summed E-state index contributed by atoms with van der Waals surface area (Å²) in [5, 5.41) is 9.11. The smallest absolute Gasteiger partial charge is 0.339 e. The fourth-order valence-electron chi connectivity index (χ4n) is 1.52. The minimum Gasteiger partial charge on any atom is -0.497 e. The molecule has 0 radical (unpaired) electrons. The van der Waals surface area contributed by atoms with Crippen LogP contribution in [0.4, 0.5) is 0 Å². The zero-order chi connectivity index (χ0) is 13.8. The quantitative estimate of drug-likeness (QED) is 0.914. The highest BCUT2D eigenvalue weighted by molar-refractivity contribution is 5.91. The lowest BCUT2D eigenvalue weighted by Crippen LogP contribution is -2.01. The fraction of sp³-hybridized carbons (Fsp3) is 0.143. The molecule has 1 N–H and O–H groups in total. The Labute approximate surface area is 110 Å². The molecule has 1 heterocycles. The van der Waals surface area contributed by atoms with Crippen molar-refractivity contribution in [2.75, 3.05) is 7.11 Å². The molecule has 0 aliphatic carbocycles. The van der Waals surface area contributed by atoms with E-state index < -0.39 is 5.97 Å². The van der Waals surface area contributed by atoms with Gasteiger partial charge in [0.1, 0.15) is 17.1 Å². The van der Waals surface area contributed by atoms with Crippen molar-refractivity contribution >= 4 is 5.97 Å². The molecule has 5 heteroatoms. The van der Waals surface area contributed by atoms with Gasteiger partial charge in [0.2, 0.25) is 5.88 Å². The highest BCUT2D eigenvalue weighted by atomic mass is 16.5. The Bertz CT molecular complexity index is 593. The number of benzene rings is 1. The molecule has 1 aromatic heterocycles. The number of rotatable bonds is 4. The molecule has 2 rings (SSSR count). The Morgan fingerprint density at radius 1 is 1.26 bits per heavy atom. The largest absolute Gasteiger partial charge is 0.497 e. The maximum atomic E-state index is 11.1. The van der Waals surface area contributed by atoms with E-state index in [2.05, 4.69) is 4.98 Å². The van der Waals surface area contributed by atoms with Crippen molar-refractivity contribution in [3.63, 3.8) is 0 Å². The van der Waals surface area contributed by atoms with Crippen LogP contribution in [0.25, 0.3) is 0 Å². The second-order valence-corrected chi connectivity index (χ2v) is 3.94. The third-order valence-electron chi connectivity index (χ3n) is 2.52. The summed E-state index contributed by atoms with van der Waals surface area (Å²) < 4.78 is 10.5. The number of methoxy groups -OCH3 is 1. The van der Waals surface area contributed by atoms with Crippen LogP contribution in [0.3, 0.4) is 0 Å². The van der Waals surface area contributed by atoms with Crippen LogP contribution < -0.4 is 9.47 Å². The highest BCUT2D eigenvalue weighted by Crippen LogP contribution is 2.28. The molecule has 0 bridgehead atoms. The maximum Gasteiger partial charge on any atom is 0.339 e. The number of carboxylic acid groups (broad SMARTS) is 1. The van der Waals surface area contributed by atoms with E-state index >= 15 is 0 Å². The molecular weight excluding hydrogens is 246 g/mol. The topological polar surface area (TPSA) is 68.7 Å². The molecule has 1 aromatic carbocycles. The van der Waals surface area contributed by atoms with Gasteiger partial charge in [0.25, 0.3) is 0 Å².